The molecule has 0 aromatic carbocycles. The summed E-state index contributed by atoms with van der Waals surface area (Å²) in [6.07, 6.45) is 0. The lowest BCUT2D eigenvalue weighted by atomic mass is 10.3. The van der Waals surface area contributed by atoms with Crippen LogP contribution in [0.3, 0.4) is 0 Å². The minimum atomic E-state index is -3.21. The highest BCUT2D eigenvalue weighted by Crippen LogP contribution is 2.25. The van der Waals surface area contributed by atoms with E-state index in [1.807, 2.05) is 6.07 Å². The first-order chi connectivity index (χ1) is 9.47. The topological polar surface area (TPSA) is 87.0 Å². The van der Waals surface area contributed by atoms with Crippen LogP contribution < -0.4 is 4.90 Å². The van der Waals surface area contributed by atoms with E-state index in [1.165, 1.54) is 0 Å². The maximum atomic E-state index is 12.2. The van der Waals surface area contributed by atoms with E-state index in [4.69, 9.17) is 5.26 Å². The van der Waals surface area contributed by atoms with Gasteiger partial charge in [0.1, 0.15) is 17.1 Å². The number of hydrogen-bond acceptors (Lipinski definition) is 7. The third kappa shape index (κ3) is 3.04. The van der Waals surface area contributed by atoms with Gasteiger partial charge in [-0.25, -0.2) is 18.4 Å². The summed E-state index contributed by atoms with van der Waals surface area (Å²) in [5.41, 5.74) is 0.927. The number of nitriles is 1. The molecule has 0 N–H and O–H groups in total. The molecule has 2 heterocycles. The lowest BCUT2D eigenvalue weighted by Gasteiger charge is -2.34. The number of nitrogens with zero attached hydrogens (tertiary/aromatic N) is 4. The van der Waals surface area contributed by atoms with Crippen LogP contribution in [0, 0.1) is 18.3 Å². The predicted molar refractivity (Wildman–Crippen MR) is 79.4 cm³/mol. The summed E-state index contributed by atoms with van der Waals surface area (Å²) in [5, 5.41) is 8.36. The fourth-order valence-electron chi connectivity index (χ4n) is 2.04. The first-order valence-corrected chi connectivity index (χ1v) is 9.16. The molecule has 0 saturated carbocycles. The van der Waals surface area contributed by atoms with Crippen LogP contribution >= 0.6 is 11.8 Å². The van der Waals surface area contributed by atoms with Crippen molar-refractivity contribution in [3.05, 3.63) is 17.5 Å². The lowest BCUT2D eigenvalue weighted by Crippen LogP contribution is -2.48. The van der Waals surface area contributed by atoms with Crippen LogP contribution in [0.15, 0.2) is 6.07 Å². The zero-order valence-corrected chi connectivity index (χ0v) is 13.0. The SMILES string of the molecule is CCS(=O)(=O)C1CSCCN1c1nc(C)cc(C#N)n1. The van der Waals surface area contributed by atoms with Crippen molar-refractivity contribution in [3.8, 4) is 6.07 Å². The highest BCUT2D eigenvalue weighted by Gasteiger charge is 2.34. The van der Waals surface area contributed by atoms with Crippen LogP contribution in [0.5, 0.6) is 0 Å². The first kappa shape index (κ1) is 15.1. The molecule has 6 nitrogen and oxygen atoms in total. The van der Waals surface area contributed by atoms with E-state index in [9.17, 15) is 8.42 Å². The molecule has 20 heavy (non-hydrogen) atoms. The number of rotatable bonds is 3. The first-order valence-electron chi connectivity index (χ1n) is 6.29. The number of thioether (sulfide) groups is 1. The average molecular weight is 312 g/mol. The Kier molecular flexibility index (Phi) is 4.50. The summed E-state index contributed by atoms with van der Waals surface area (Å²) < 4.78 is 24.4. The largest absolute Gasteiger partial charge is 0.322 e. The Hall–Kier alpha value is -1.33. The molecule has 1 aliphatic rings. The quantitative estimate of drug-likeness (QED) is 0.822. The second-order valence-corrected chi connectivity index (χ2v) is 8.08. The second-order valence-electron chi connectivity index (χ2n) is 4.48. The monoisotopic (exact) mass is 312 g/mol. The summed E-state index contributed by atoms with van der Waals surface area (Å²) in [5.74, 6) is 1.76. The fraction of sp³-hybridized carbons (Fsp3) is 0.583. The van der Waals surface area contributed by atoms with Crippen molar-refractivity contribution in [2.75, 3.05) is 28.7 Å². The fourth-order valence-corrected chi connectivity index (χ4v) is 5.00. The van der Waals surface area contributed by atoms with Gasteiger partial charge in [0.2, 0.25) is 5.95 Å². The van der Waals surface area contributed by atoms with Crippen molar-refractivity contribution in [2.24, 2.45) is 0 Å². The Balaban J connectivity index is 2.43. The Labute approximate surface area is 123 Å². The van der Waals surface area contributed by atoms with Crippen LogP contribution in [0.2, 0.25) is 0 Å². The molecule has 108 valence electrons. The molecule has 0 spiro atoms. The van der Waals surface area contributed by atoms with Gasteiger partial charge in [-0.2, -0.15) is 17.0 Å². The van der Waals surface area contributed by atoms with E-state index >= 15 is 0 Å². The molecule has 0 radical (unpaired) electrons. The molecule has 1 aromatic rings. The van der Waals surface area contributed by atoms with E-state index in [0.29, 0.717) is 23.9 Å². The standard InChI is InChI=1S/C12H16N4O2S2/c1-3-20(17,18)11-8-19-5-4-16(11)12-14-9(2)6-10(7-13)15-12/h6,11H,3-5,8H2,1-2H3. The molecule has 2 rings (SSSR count). The van der Waals surface area contributed by atoms with E-state index in [-0.39, 0.29) is 11.4 Å². The Morgan fingerprint density at radius 3 is 2.95 bits per heavy atom. The van der Waals surface area contributed by atoms with Crippen molar-refractivity contribution in [2.45, 2.75) is 19.2 Å². The van der Waals surface area contributed by atoms with Crippen molar-refractivity contribution >= 4 is 27.5 Å². The van der Waals surface area contributed by atoms with Crippen molar-refractivity contribution in [3.63, 3.8) is 0 Å². The van der Waals surface area contributed by atoms with Crippen LogP contribution in [0.25, 0.3) is 0 Å². The van der Waals surface area contributed by atoms with Gasteiger partial charge in [-0.15, -0.1) is 0 Å². The van der Waals surface area contributed by atoms with E-state index in [1.54, 1.807) is 36.6 Å². The van der Waals surface area contributed by atoms with Gasteiger partial charge in [0, 0.05) is 29.5 Å². The maximum absolute atomic E-state index is 12.2. The Morgan fingerprint density at radius 1 is 1.55 bits per heavy atom. The van der Waals surface area contributed by atoms with Gasteiger partial charge in [-0.3, -0.25) is 0 Å². The van der Waals surface area contributed by atoms with Gasteiger partial charge in [-0.05, 0) is 13.0 Å². The number of sulfone groups is 1. The zero-order valence-electron chi connectivity index (χ0n) is 11.4. The normalized spacial score (nSPS) is 19.6. The summed E-state index contributed by atoms with van der Waals surface area (Å²) in [6.45, 7) is 3.99. The number of aryl methyl sites for hydroxylation is 1. The minimum Gasteiger partial charge on any atom is -0.322 e. The van der Waals surface area contributed by atoms with Crippen LogP contribution in [-0.2, 0) is 9.84 Å². The van der Waals surface area contributed by atoms with Gasteiger partial charge in [0.05, 0.1) is 0 Å². The molecular formula is C12H16N4O2S2. The van der Waals surface area contributed by atoms with Crippen molar-refractivity contribution < 1.29 is 8.42 Å². The molecule has 0 aliphatic carbocycles. The molecule has 0 bridgehead atoms. The second kappa shape index (κ2) is 5.97. The number of hydrogen-bond donors (Lipinski definition) is 0. The molecule has 1 aromatic heterocycles. The Morgan fingerprint density at radius 2 is 2.30 bits per heavy atom. The molecule has 1 unspecified atom stereocenters. The minimum absolute atomic E-state index is 0.0889. The summed E-state index contributed by atoms with van der Waals surface area (Å²) in [6, 6.07) is 3.57. The number of anilines is 1. The summed E-state index contributed by atoms with van der Waals surface area (Å²) in [4.78, 5) is 10.2. The molecule has 0 amide bonds. The van der Waals surface area contributed by atoms with Crippen molar-refractivity contribution in [1.82, 2.24) is 9.97 Å². The molecule has 1 fully saturated rings. The highest BCUT2D eigenvalue weighted by molar-refractivity contribution is 8.01. The van der Waals surface area contributed by atoms with E-state index < -0.39 is 15.2 Å². The Bertz CT molecular complexity index is 639. The molecular weight excluding hydrogens is 296 g/mol. The maximum Gasteiger partial charge on any atom is 0.227 e. The van der Waals surface area contributed by atoms with Gasteiger partial charge in [0.15, 0.2) is 9.84 Å². The third-order valence-corrected chi connectivity index (χ3v) is 6.40. The smallest absolute Gasteiger partial charge is 0.227 e. The molecule has 8 heteroatoms. The van der Waals surface area contributed by atoms with E-state index in [2.05, 4.69) is 9.97 Å². The summed E-state index contributed by atoms with van der Waals surface area (Å²) in [7, 11) is -3.21. The van der Waals surface area contributed by atoms with Gasteiger partial charge in [0.25, 0.3) is 0 Å². The predicted octanol–water partition coefficient (Wildman–Crippen LogP) is 0.971. The van der Waals surface area contributed by atoms with Crippen molar-refractivity contribution in [1.29, 1.82) is 5.26 Å². The average Bonchev–Trinajstić information content (AvgIpc) is 2.46. The van der Waals surface area contributed by atoms with Crippen LogP contribution in [0.1, 0.15) is 18.3 Å². The lowest BCUT2D eigenvalue weighted by molar-refractivity contribution is 0.577. The van der Waals surface area contributed by atoms with Gasteiger partial charge < -0.3 is 4.90 Å². The molecule has 1 saturated heterocycles. The van der Waals surface area contributed by atoms with Gasteiger partial charge >= 0.3 is 0 Å². The van der Waals surface area contributed by atoms with E-state index in [0.717, 1.165) is 5.75 Å². The molecule has 1 atom stereocenters. The third-order valence-electron chi connectivity index (χ3n) is 3.12. The summed E-state index contributed by atoms with van der Waals surface area (Å²) >= 11 is 1.62. The van der Waals surface area contributed by atoms with Gasteiger partial charge in [-0.1, -0.05) is 6.92 Å². The van der Waals surface area contributed by atoms with Crippen LogP contribution in [-0.4, -0.2) is 47.6 Å². The zero-order chi connectivity index (χ0) is 14.8. The number of aromatic nitrogens is 2. The van der Waals surface area contributed by atoms with Crippen LogP contribution in [0.4, 0.5) is 5.95 Å². The highest BCUT2D eigenvalue weighted by atomic mass is 32.2. The molecule has 1 aliphatic heterocycles.